The monoisotopic (exact) mass is 351 g/mol. The standard InChI is InChI=1S/C15H14BrNO4/c1-10-5-12(16)3-4-15(10)21-9-11-6-13(17(18)19)8-14(7-11)20-2/h3-8H,9H2,1-2H3. The molecule has 2 aromatic rings. The minimum atomic E-state index is -0.448. The zero-order valence-electron chi connectivity index (χ0n) is 11.6. The van der Waals surface area contributed by atoms with Gasteiger partial charge in [-0.25, -0.2) is 0 Å². The number of rotatable bonds is 5. The number of halogens is 1. The van der Waals surface area contributed by atoms with E-state index in [1.165, 1.54) is 19.2 Å². The highest BCUT2D eigenvalue weighted by Crippen LogP contribution is 2.26. The normalized spacial score (nSPS) is 10.2. The van der Waals surface area contributed by atoms with Gasteiger partial charge in [0.05, 0.1) is 18.1 Å². The zero-order chi connectivity index (χ0) is 15.4. The summed E-state index contributed by atoms with van der Waals surface area (Å²) in [5, 5.41) is 10.9. The Bertz CT molecular complexity index is 673. The second-order valence-corrected chi connectivity index (χ2v) is 5.41. The molecule has 0 heterocycles. The molecule has 0 fully saturated rings. The fraction of sp³-hybridized carbons (Fsp3) is 0.200. The number of hydrogen-bond donors (Lipinski definition) is 0. The average Bonchev–Trinajstić information content (AvgIpc) is 2.46. The number of aryl methyl sites for hydroxylation is 1. The van der Waals surface area contributed by atoms with E-state index in [4.69, 9.17) is 9.47 Å². The van der Waals surface area contributed by atoms with Gasteiger partial charge in [0.15, 0.2) is 0 Å². The molecule has 6 heteroatoms. The van der Waals surface area contributed by atoms with Crippen LogP contribution in [0.1, 0.15) is 11.1 Å². The van der Waals surface area contributed by atoms with Crippen molar-refractivity contribution in [2.24, 2.45) is 0 Å². The first-order valence-corrected chi connectivity index (χ1v) is 7.00. The van der Waals surface area contributed by atoms with Gasteiger partial charge >= 0.3 is 0 Å². The molecule has 2 rings (SSSR count). The molecule has 0 aliphatic heterocycles. The van der Waals surface area contributed by atoms with E-state index < -0.39 is 4.92 Å². The number of methoxy groups -OCH3 is 1. The van der Waals surface area contributed by atoms with Crippen LogP contribution in [0.5, 0.6) is 11.5 Å². The zero-order valence-corrected chi connectivity index (χ0v) is 13.2. The SMILES string of the molecule is COc1cc(COc2ccc(Br)cc2C)cc([N+](=O)[O-])c1. The molecule has 0 aromatic heterocycles. The molecular formula is C15H14BrNO4. The Hall–Kier alpha value is -2.08. The first kappa shape index (κ1) is 15.3. The first-order chi connectivity index (χ1) is 9.99. The van der Waals surface area contributed by atoms with Gasteiger partial charge in [0.1, 0.15) is 18.1 Å². The molecule has 0 saturated carbocycles. The van der Waals surface area contributed by atoms with Crippen molar-refractivity contribution in [1.82, 2.24) is 0 Å². The minimum absolute atomic E-state index is 0.0134. The largest absolute Gasteiger partial charge is 0.496 e. The number of nitro benzene ring substituents is 1. The summed E-state index contributed by atoms with van der Waals surface area (Å²) >= 11 is 3.39. The van der Waals surface area contributed by atoms with Crippen molar-refractivity contribution < 1.29 is 14.4 Å². The van der Waals surface area contributed by atoms with Gasteiger partial charge in [-0.1, -0.05) is 15.9 Å². The smallest absolute Gasteiger partial charge is 0.273 e. The summed E-state index contributed by atoms with van der Waals surface area (Å²) in [6.07, 6.45) is 0. The number of non-ortho nitro benzene ring substituents is 1. The predicted molar refractivity (Wildman–Crippen MR) is 82.9 cm³/mol. The highest BCUT2D eigenvalue weighted by atomic mass is 79.9. The highest BCUT2D eigenvalue weighted by Gasteiger charge is 2.11. The molecule has 0 aliphatic carbocycles. The Kier molecular flexibility index (Phi) is 4.80. The van der Waals surface area contributed by atoms with Gasteiger partial charge in [0.25, 0.3) is 5.69 Å². The van der Waals surface area contributed by atoms with Crippen LogP contribution in [0.4, 0.5) is 5.69 Å². The summed E-state index contributed by atoms with van der Waals surface area (Å²) in [5.74, 6) is 1.18. The van der Waals surface area contributed by atoms with Gasteiger partial charge in [-0.3, -0.25) is 10.1 Å². The Morgan fingerprint density at radius 3 is 2.62 bits per heavy atom. The van der Waals surface area contributed by atoms with E-state index in [-0.39, 0.29) is 12.3 Å². The van der Waals surface area contributed by atoms with Crippen molar-refractivity contribution in [3.63, 3.8) is 0 Å². The van der Waals surface area contributed by atoms with E-state index in [1.54, 1.807) is 6.07 Å². The molecule has 0 radical (unpaired) electrons. The summed E-state index contributed by atoms with van der Waals surface area (Å²) in [5.41, 5.74) is 1.66. The molecule has 0 aliphatic rings. The highest BCUT2D eigenvalue weighted by molar-refractivity contribution is 9.10. The van der Waals surface area contributed by atoms with Crippen LogP contribution < -0.4 is 9.47 Å². The lowest BCUT2D eigenvalue weighted by atomic mass is 10.2. The summed E-state index contributed by atoms with van der Waals surface area (Å²) in [4.78, 5) is 10.4. The maximum absolute atomic E-state index is 10.9. The lowest BCUT2D eigenvalue weighted by molar-refractivity contribution is -0.385. The number of benzene rings is 2. The average molecular weight is 352 g/mol. The maximum Gasteiger partial charge on any atom is 0.273 e. The van der Waals surface area contributed by atoms with Gasteiger partial charge in [-0.2, -0.15) is 0 Å². The Labute approximate surface area is 130 Å². The van der Waals surface area contributed by atoms with Crippen LogP contribution in [0.3, 0.4) is 0 Å². The van der Waals surface area contributed by atoms with Crippen molar-refractivity contribution in [2.45, 2.75) is 13.5 Å². The van der Waals surface area contributed by atoms with Gasteiger partial charge < -0.3 is 9.47 Å². The van der Waals surface area contributed by atoms with E-state index >= 15 is 0 Å². The van der Waals surface area contributed by atoms with Crippen LogP contribution in [0.2, 0.25) is 0 Å². The van der Waals surface area contributed by atoms with Crippen LogP contribution in [-0.4, -0.2) is 12.0 Å². The van der Waals surface area contributed by atoms with Gasteiger partial charge in [-0.05, 0) is 42.3 Å². The summed E-state index contributed by atoms with van der Waals surface area (Å²) in [6.45, 7) is 2.18. The molecule has 0 amide bonds. The van der Waals surface area contributed by atoms with E-state index in [0.717, 1.165) is 15.8 Å². The molecule has 0 N–H and O–H groups in total. The Morgan fingerprint density at radius 1 is 1.24 bits per heavy atom. The third kappa shape index (κ3) is 3.95. The van der Waals surface area contributed by atoms with Crippen molar-refractivity contribution in [2.75, 3.05) is 7.11 Å². The second-order valence-electron chi connectivity index (χ2n) is 4.49. The topological polar surface area (TPSA) is 61.6 Å². The summed E-state index contributed by atoms with van der Waals surface area (Å²) < 4.78 is 11.8. The number of hydrogen-bond acceptors (Lipinski definition) is 4. The molecule has 2 aromatic carbocycles. The molecule has 0 spiro atoms. The van der Waals surface area contributed by atoms with Crippen molar-refractivity contribution in [3.8, 4) is 11.5 Å². The number of nitro groups is 1. The summed E-state index contributed by atoms with van der Waals surface area (Å²) in [6, 6.07) is 10.3. The minimum Gasteiger partial charge on any atom is -0.496 e. The summed E-state index contributed by atoms with van der Waals surface area (Å²) in [7, 11) is 1.47. The van der Waals surface area contributed by atoms with Gasteiger partial charge in [0.2, 0.25) is 0 Å². The van der Waals surface area contributed by atoms with Crippen LogP contribution in [-0.2, 0) is 6.61 Å². The van der Waals surface area contributed by atoms with E-state index in [0.29, 0.717) is 11.3 Å². The first-order valence-electron chi connectivity index (χ1n) is 6.21. The maximum atomic E-state index is 10.9. The van der Waals surface area contributed by atoms with E-state index in [1.807, 2.05) is 25.1 Å². The van der Waals surface area contributed by atoms with Crippen LogP contribution in [0.15, 0.2) is 40.9 Å². The molecule has 5 nitrogen and oxygen atoms in total. The second kappa shape index (κ2) is 6.58. The number of nitrogens with zero attached hydrogens (tertiary/aromatic N) is 1. The lowest BCUT2D eigenvalue weighted by Crippen LogP contribution is -1.99. The molecule has 21 heavy (non-hydrogen) atoms. The lowest BCUT2D eigenvalue weighted by Gasteiger charge is -2.10. The Morgan fingerprint density at radius 2 is 2.00 bits per heavy atom. The quantitative estimate of drug-likeness (QED) is 0.596. The molecule has 0 bridgehead atoms. The Balaban J connectivity index is 2.19. The van der Waals surface area contributed by atoms with Crippen LogP contribution in [0.25, 0.3) is 0 Å². The van der Waals surface area contributed by atoms with Gasteiger partial charge in [0, 0.05) is 10.5 Å². The molecule has 0 atom stereocenters. The predicted octanol–water partition coefficient (Wildman–Crippen LogP) is 4.25. The third-order valence-corrected chi connectivity index (χ3v) is 3.42. The molecule has 0 unspecified atom stereocenters. The molecule has 0 saturated heterocycles. The third-order valence-electron chi connectivity index (χ3n) is 2.93. The van der Waals surface area contributed by atoms with E-state index in [9.17, 15) is 10.1 Å². The number of ether oxygens (including phenoxy) is 2. The fourth-order valence-electron chi connectivity index (χ4n) is 1.89. The van der Waals surface area contributed by atoms with Crippen LogP contribution in [0, 0.1) is 17.0 Å². The van der Waals surface area contributed by atoms with Crippen LogP contribution >= 0.6 is 15.9 Å². The fourth-order valence-corrected chi connectivity index (χ4v) is 2.36. The van der Waals surface area contributed by atoms with Crippen molar-refractivity contribution >= 4 is 21.6 Å². The van der Waals surface area contributed by atoms with Crippen molar-refractivity contribution in [3.05, 3.63) is 62.1 Å². The van der Waals surface area contributed by atoms with Gasteiger partial charge in [-0.15, -0.1) is 0 Å². The molecule has 110 valence electrons. The molecular weight excluding hydrogens is 338 g/mol. The van der Waals surface area contributed by atoms with E-state index in [2.05, 4.69) is 15.9 Å². The van der Waals surface area contributed by atoms with Crippen molar-refractivity contribution in [1.29, 1.82) is 0 Å².